The molecule has 17 heavy (non-hydrogen) atoms. The maximum Gasteiger partial charge on any atom is 0.173 e. The molecule has 0 spiro atoms. The van der Waals surface area contributed by atoms with E-state index in [0.717, 1.165) is 11.6 Å². The average molecular weight is 322 g/mol. The third kappa shape index (κ3) is 2.87. The molecule has 1 unspecified atom stereocenters. The van der Waals surface area contributed by atoms with E-state index in [1.807, 2.05) is 0 Å². The minimum absolute atomic E-state index is 0.270. The fourth-order valence-corrected chi connectivity index (χ4v) is 2.50. The predicted molar refractivity (Wildman–Crippen MR) is 65.1 cm³/mol. The minimum atomic E-state index is -0.595. The lowest BCUT2D eigenvalue weighted by molar-refractivity contribution is 0.535. The maximum absolute atomic E-state index is 13.4. The number of hydrogen-bond donors (Lipinski definition) is 0. The standard InChI is InChI=1S/C12H8BrClF2O/c13-12-9(3-4-17-12)10(14)5-7-1-2-8(15)6-11(7)16/h1-4,6,10H,5H2. The van der Waals surface area contributed by atoms with Crippen molar-refractivity contribution in [3.05, 3.63) is 58.0 Å². The summed E-state index contributed by atoms with van der Waals surface area (Å²) in [5.74, 6) is -1.18. The van der Waals surface area contributed by atoms with Crippen LogP contribution in [0.2, 0.25) is 0 Å². The Balaban J connectivity index is 2.19. The lowest BCUT2D eigenvalue weighted by atomic mass is 10.1. The number of alkyl halides is 1. The Bertz CT molecular complexity index is 527. The van der Waals surface area contributed by atoms with Gasteiger partial charge in [-0.2, -0.15) is 0 Å². The average Bonchev–Trinajstić information content (AvgIpc) is 2.68. The molecular weight excluding hydrogens is 313 g/mol. The van der Waals surface area contributed by atoms with Gasteiger partial charge in [0.1, 0.15) is 11.6 Å². The van der Waals surface area contributed by atoms with Crippen molar-refractivity contribution in [2.24, 2.45) is 0 Å². The minimum Gasteiger partial charge on any atom is -0.457 e. The molecule has 0 saturated carbocycles. The van der Waals surface area contributed by atoms with Crippen LogP contribution < -0.4 is 0 Å². The van der Waals surface area contributed by atoms with Gasteiger partial charge < -0.3 is 4.42 Å². The SMILES string of the molecule is Fc1ccc(CC(Cl)c2ccoc2Br)c(F)c1. The molecule has 0 N–H and O–H groups in total. The van der Waals surface area contributed by atoms with Crippen LogP contribution >= 0.6 is 27.5 Å². The van der Waals surface area contributed by atoms with Crippen LogP contribution in [0.1, 0.15) is 16.5 Å². The first-order valence-corrected chi connectivity index (χ1v) is 6.11. The van der Waals surface area contributed by atoms with Gasteiger partial charge in [0.15, 0.2) is 4.67 Å². The summed E-state index contributed by atoms with van der Waals surface area (Å²) in [6, 6.07) is 5.17. The van der Waals surface area contributed by atoms with Gasteiger partial charge in [0.2, 0.25) is 0 Å². The fraction of sp³-hybridized carbons (Fsp3) is 0.167. The first kappa shape index (κ1) is 12.6. The summed E-state index contributed by atoms with van der Waals surface area (Å²) in [4.78, 5) is 0. The Morgan fingerprint density at radius 2 is 2.06 bits per heavy atom. The molecule has 0 amide bonds. The Labute approximate surface area is 111 Å². The van der Waals surface area contributed by atoms with Crippen molar-refractivity contribution in [1.82, 2.24) is 0 Å². The third-order valence-corrected chi connectivity index (χ3v) is 3.43. The van der Waals surface area contributed by atoms with E-state index in [9.17, 15) is 8.78 Å². The number of halogens is 4. The normalized spacial score (nSPS) is 12.7. The Kier molecular flexibility index (Phi) is 3.84. The van der Waals surface area contributed by atoms with Crippen LogP contribution in [0, 0.1) is 11.6 Å². The first-order valence-electron chi connectivity index (χ1n) is 4.89. The molecule has 0 saturated heterocycles. The number of benzene rings is 1. The van der Waals surface area contributed by atoms with Gasteiger partial charge in [-0.05, 0) is 40.0 Å². The van der Waals surface area contributed by atoms with E-state index in [1.54, 1.807) is 6.07 Å². The van der Waals surface area contributed by atoms with Gasteiger partial charge in [-0.15, -0.1) is 11.6 Å². The molecule has 1 aromatic carbocycles. The van der Waals surface area contributed by atoms with Crippen molar-refractivity contribution in [2.45, 2.75) is 11.8 Å². The van der Waals surface area contributed by atoms with E-state index in [0.29, 0.717) is 10.2 Å². The van der Waals surface area contributed by atoms with Gasteiger partial charge in [-0.1, -0.05) is 6.07 Å². The van der Waals surface area contributed by atoms with Crippen molar-refractivity contribution in [1.29, 1.82) is 0 Å². The van der Waals surface area contributed by atoms with Gasteiger partial charge in [0.05, 0.1) is 11.6 Å². The molecule has 0 aliphatic heterocycles. The summed E-state index contributed by atoms with van der Waals surface area (Å²) in [5.41, 5.74) is 1.12. The fourth-order valence-electron chi connectivity index (χ4n) is 1.52. The zero-order valence-corrected chi connectivity index (χ0v) is 10.9. The van der Waals surface area contributed by atoms with E-state index < -0.39 is 17.0 Å². The molecule has 1 aromatic heterocycles. The van der Waals surface area contributed by atoms with Crippen LogP contribution in [0.5, 0.6) is 0 Å². The molecule has 1 nitrogen and oxygen atoms in total. The lowest BCUT2D eigenvalue weighted by Gasteiger charge is -2.09. The summed E-state index contributed by atoms with van der Waals surface area (Å²) < 4.78 is 31.7. The van der Waals surface area contributed by atoms with E-state index in [1.165, 1.54) is 18.4 Å². The van der Waals surface area contributed by atoms with Gasteiger partial charge in [0, 0.05) is 11.6 Å². The van der Waals surface area contributed by atoms with Gasteiger partial charge in [0.25, 0.3) is 0 Å². The molecule has 0 bridgehead atoms. The number of hydrogen-bond acceptors (Lipinski definition) is 1. The molecule has 1 heterocycles. The summed E-state index contributed by atoms with van der Waals surface area (Å²) in [7, 11) is 0. The van der Waals surface area contributed by atoms with Gasteiger partial charge in [-0.25, -0.2) is 8.78 Å². The number of rotatable bonds is 3. The van der Waals surface area contributed by atoms with Crippen molar-refractivity contribution in [3.8, 4) is 0 Å². The second-order valence-electron chi connectivity index (χ2n) is 3.56. The smallest absolute Gasteiger partial charge is 0.173 e. The monoisotopic (exact) mass is 320 g/mol. The maximum atomic E-state index is 13.4. The second-order valence-corrected chi connectivity index (χ2v) is 4.80. The molecule has 5 heteroatoms. The topological polar surface area (TPSA) is 13.1 Å². The molecule has 2 rings (SSSR count). The third-order valence-electron chi connectivity index (χ3n) is 2.40. The van der Waals surface area contributed by atoms with Crippen LogP contribution in [0.3, 0.4) is 0 Å². The summed E-state index contributed by atoms with van der Waals surface area (Å²) >= 11 is 9.35. The highest BCUT2D eigenvalue weighted by molar-refractivity contribution is 9.10. The van der Waals surface area contributed by atoms with E-state index in [4.69, 9.17) is 16.0 Å². The lowest BCUT2D eigenvalue weighted by Crippen LogP contribution is -1.98. The van der Waals surface area contributed by atoms with Crippen LogP contribution in [-0.2, 0) is 6.42 Å². The van der Waals surface area contributed by atoms with Crippen LogP contribution in [-0.4, -0.2) is 0 Å². The van der Waals surface area contributed by atoms with E-state index in [-0.39, 0.29) is 6.42 Å². The Morgan fingerprint density at radius 1 is 1.29 bits per heavy atom. The van der Waals surface area contributed by atoms with Crippen molar-refractivity contribution in [2.75, 3.05) is 0 Å². The van der Waals surface area contributed by atoms with Crippen molar-refractivity contribution in [3.63, 3.8) is 0 Å². The summed E-state index contributed by atoms with van der Waals surface area (Å²) in [6.07, 6.45) is 1.77. The zero-order chi connectivity index (χ0) is 12.4. The molecular formula is C12H8BrClF2O. The Morgan fingerprint density at radius 3 is 2.65 bits per heavy atom. The number of furan rings is 1. The molecule has 0 radical (unpaired) electrons. The Hall–Kier alpha value is -0.870. The van der Waals surface area contributed by atoms with Crippen molar-refractivity contribution < 1.29 is 13.2 Å². The van der Waals surface area contributed by atoms with Gasteiger partial charge >= 0.3 is 0 Å². The highest BCUT2D eigenvalue weighted by atomic mass is 79.9. The largest absolute Gasteiger partial charge is 0.457 e. The van der Waals surface area contributed by atoms with Gasteiger partial charge in [-0.3, -0.25) is 0 Å². The molecule has 90 valence electrons. The molecule has 0 fully saturated rings. The zero-order valence-electron chi connectivity index (χ0n) is 8.59. The molecule has 0 aliphatic rings. The quantitative estimate of drug-likeness (QED) is 0.737. The highest BCUT2D eigenvalue weighted by Gasteiger charge is 2.16. The van der Waals surface area contributed by atoms with Crippen LogP contribution in [0.4, 0.5) is 8.78 Å². The molecule has 0 aliphatic carbocycles. The first-order chi connectivity index (χ1) is 8.08. The summed E-state index contributed by atoms with van der Waals surface area (Å²) in [5, 5.41) is -0.428. The molecule has 1 atom stereocenters. The van der Waals surface area contributed by atoms with E-state index >= 15 is 0 Å². The summed E-state index contributed by atoms with van der Waals surface area (Å²) in [6.45, 7) is 0. The van der Waals surface area contributed by atoms with Crippen LogP contribution in [0.25, 0.3) is 0 Å². The van der Waals surface area contributed by atoms with E-state index in [2.05, 4.69) is 15.9 Å². The predicted octanol–water partition coefficient (Wildman–Crippen LogP) is 4.84. The second kappa shape index (κ2) is 5.19. The van der Waals surface area contributed by atoms with Crippen molar-refractivity contribution >= 4 is 27.5 Å². The highest BCUT2D eigenvalue weighted by Crippen LogP contribution is 2.32. The molecule has 2 aromatic rings. The van der Waals surface area contributed by atoms with Crippen LogP contribution in [0.15, 0.2) is 39.6 Å².